The van der Waals surface area contributed by atoms with Crippen molar-refractivity contribution in [1.82, 2.24) is 0 Å². The Balaban J connectivity index is 2.25. The molecule has 15 heavy (non-hydrogen) atoms. The van der Waals surface area contributed by atoms with Gasteiger partial charge in [0, 0.05) is 16.2 Å². The predicted molar refractivity (Wildman–Crippen MR) is 59.1 cm³/mol. The smallest absolute Gasteiger partial charge is 0.191 e. The fourth-order valence-corrected chi connectivity index (χ4v) is 1.83. The van der Waals surface area contributed by atoms with Gasteiger partial charge >= 0.3 is 0 Å². The SMILES string of the molecule is O=C(C1=CCC[C@H]1O)c1ccc(Cl)cc1. The van der Waals surface area contributed by atoms with Crippen LogP contribution >= 0.6 is 11.6 Å². The molecule has 0 aromatic heterocycles. The number of hydrogen-bond acceptors (Lipinski definition) is 2. The number of halogens is 1. The first-order valence-electron chi connectivity index (χ1n) is 4.87. The molecular weight excluding hydrogens is 212 g/mol. The molecule has 0 saturated carbocycles. The lowest BCUT2D eigenvalue weighted by Gasteiger charge is -2.07. The number of aliphatic hydroxyl groups excluding tert-OH is 1. The molecule has 0 spiro atoms. The summed E-state index contributed by atoms with van der Waals surface area (Å²) in [5.41, 5.74) is 1.09. The van der Waals surface area contributed by atoms with Gasteiger partial charge < -0.3 is 5.11 Å². The maximum Gasteiger partial charge on any atom is 0.191 e. The Morgan fingerprint density at radius 2 is 2.00 bits per heavy atom. The standard InChI is InChI=1S/C12H11ClO2/c13-9-6-4-8(5-7-9)12(15)10-2-1-3-11(10)14/h2,4-7,11,14H,1,3H2/t11-/m1/s1. The summed E-state index contributed by atoms with van der Waals surface area (Å²) in [6, 6.07) is 6.71. The van der Waals surface area contributed by atoms with Crippen molar-refractivity contribution < 1.29 is 9.90 Å². The first-order chi connectivity index (χ1) is 7.18. The molecule has 0 amide bonds. The zero-order valence-electron chi connectivity index (χ0n) is 8.11. The van der Waals surface area contributed by atoms with Gasteiger partial charge in [0.25, 0.3) is 0 Å². The molecule has 3 heteroatoms. The number of aliphatic hydroxyl groups is 1. The van der Waals surface area contributed by atoms with Crippen molar-refractivity contribution in [2.75, 3.05) is 0 Å². The minimum atomic E-state index is -0.604. The third-order valence-electron chi connectivity index (χ3n) is 2.53. The highest BCUT2D eigenvalue weighted by molar-refractivity contribution is 6.30. The van der Waals surface area contributed by atoms with Gasteiger partial charge in [0.15, 0.2) is 5.78 Å². The average Bonchev–Trinajstić information content (AvgIpc) is 2.65. The minimum absolute atomic E-state index is 0.100. The molecule has 0 saturated heterocycles. The van der Waals surface area contributed by atoms with Gasteiger partial charge in [-0.1, -0.05) is 17.7 Å². The Kier molecular flexibility index (Phi) is 2.89. The van der Waals surface area contributed by atoms with E-state index in [2.05, 4.69) is 0 Å². The van der Waals surface area contributed by atoms with Gasteiger partial charge in [-0.2, -0.15) is 0 Å². The highest BCUT2D eigenvalue weighted by Crippen LogP contribution is 2.23. The molecule has 0 fully saturated rings. The molecule has 0 radical (unpaired) electrons. The number of rotatable bonds is 2. The number of benzene rings is 1. The Labute approximate surface area is 93.2 Å². The Morgan fingerprint density at radius 1 is 1.33 bits per heavy atom. The van der Waals surface area contributed by atoms with Gasteiger partial charge in [-0.3, -0.25) is 4.79 Å². The quantitative estimate of drug-likeness (QED) is 0.781. The van der Waals surface area contributed by atoms with E-state index in [9.17, 15) is 9.90 Å². The third-order valence-corrected chi connectivity index (χ3v) is 2.78. The maximum atomic E-state index is 11.9. The molecule has 0 heterocycles. The number of Topliss-reactive ketones (excluding diaryl/α,β-unsaturated/α-hetero) is 1. The summed E-state index contributed by atoms with van der Waals surface area (Å²) in [6.07, 6.45) is 2.62. The predicted octanol–water partition coefficient (Wildman–Crippen LogP) is 2.60. The number of hydrogen-bond donors (Lipinski definition) is 1. The van der Waals surface area contributed by atoms with E-state index in [1.54, 1.807) is 24.3 Å². The second kappa shape index (κ2) is 4.17. The fourth-order valence-electron chi connectivity index (χ4n) is 1.70. The van der Waals surface area contributed by atoms with Crippen LogP contribution in [0.3, 0.4) is 0 Å². The van der Waals surface area contributed by atoms with Crippen LogP contribution in [0.4, 0.5) is 0 Å². The van der Waals surface area contributed by atoms with E-state index in [4.69, 9.17) is 11.6 Å². The molecular formula is C12H11ClO2. The summed E-state index contributed by atoms with van der Waals surface area (Å²) in [5, 5.41) is 10.2. The molecule has 0 aliphatic heterocycles. The second-order valence-electron chi connectivity index (χ2n) is 3.59. The van der Waals surface area contributed by atoms with E-state index in [-0.39, 0.29) is 5.78 Å². The molecule has 2 nitrogen and oxygen atoms in total. The highest BCUT2D eigenvalue weighted by Gasteiger charge is 2.23. The number of carbonyl (C=O) groups excluding carboxylic acids is 1. The molecule has 0 unspecified atom stereocenters. The molecule has 1 aromatic carbocycles. The lowest BCUT2D eigenvalue weighted by Crippen LogP contribution is -2.14. The van der Waals surface area contributed by atoms with Crippen LogP contribution in [0.15, 0.2) is 35.9 Å². The topological polar surface area (TPSA) is 37.3 Å². The van der Waals surface area contributed by atoms with Crippen LogP contribution in [0.1, 0.15) is 23.2 Å². The van der Waals surface area contributed by atoms with E-state index >= 15 is 0 Å². The molecule has 1 aromatic rings. The molecule has 1 N–H and O–H groups in total. The summed E-state index contributed by atoms with van der Waals surface area (Å²) in [6.45, 7) is 0. The van der Waals surface area contributed by atoms with E-state index in [0.717, 1.165) is 6.42 Å². The minimum Gasteiger partial charge on any atom is -0.388 e. The maximum absolute atomic E-state index is 11.9. The van der Waals surface area contributed by atoms with Crippen molar-refractivity contribution in [3.05, 3.63) is 46.5 Å². The number of allylic oxidation sites excluding steroid dienone is 1. The second-order valence-corrected chi connectivity index (χ2v) is 4.03. The molecule has 1 aliphatic carbocycles. The molecule has 2 rings (SSSR count). The molecule has 78 valence electrons. The average molecular weight is 223 g/mol. The van der Waals surface area contributed by atoms with E-state index in [0.29, 0.717) is 22.6 Å². The van der Waals surface area contributed by atoms with Crippen LogP contribution in [0.25, 0.3) is 0 Å². The van der Waals surface area contributed by atoms with Gasteiger partial charge in [-0.25, -0.2) is 0 Å². The van der Waals surface area contributed by atoms with Crippen molar-refractivity contribution in [3.63, 3.8) is 0 Å². The monoisotopic (exact) mass is 222 g/mol. The van der Waals surface area contributed by atoms with Crippen LogP contribution in [0.2, 0.25) is 5.02 Å². The van der Waals surface area contributed by atoms with Gasteiger partial charge in [-0.15, -0.1) is 0 Å². The Bertz CT molecular complexity index is 406. The fraction of sp³-hybridized carbons (Fsp3) is 0.250. The van der Waals surface area contributed by atoms with E-state index < -0.39 is 6.10 Å². The Morgan fingerprint density at radius 3 is 2.53 bits per heavy atom. The van der Waals surface area contributed by atoms with E-state index in [1.807, 2.05) is 6.08 Å². The molecule has 1 aliphatic rings. The van der Waals surface area contributed by atoms with Gasteiger partial charge in [-0.05, 0) is 37.1 Å². The van der Waals surface area contributed by atoms with Gasteiger partial charge in [0.2, 0.25) is 0 Å². The van der Waals surface area contributed by atoms with E-state index in [1.165, 1.54) is 0 Å². The summed E-state index contributed by atoms with van der Waals surface area (Å²) >= 11 is 5.73. The van der Waals surface area contributed by atoms with Gasteiger partial charge in [0.1, 0.15) is 0 Å². The largest absolute Gasteiger partial charge is 0.388 e. The summed E-state index contributed by atoms with van der Waals surface area (Å²) < 4.78 is 0. The van der Waals surface area contributed by atoms with Crippen LogP contribution in [0.5, 0.6) is 0 Å². The van der Waals surface area contributed by atoms with Gasteiger partial charge in [0.05, 0.1) is 6.10 Å². The lowest BCUT2D eigenvalue weighted by atomic mass is 10.0. The summed E-state index contributed by atoms with van der Waals surface area (Å²) in [5.74, 6) is -0.100. The highest BCUT2D eigenvalue weighted by atomic mass is 35.5. The van der Waals surface area contributed by atoms with Crippen LogP contribution in [-0.4, -0.2) is 17.0 Å². The van der Waals surface area contributed by atoms with Crippen LogP contribution in [0, 0.1) is 0 Å². The molecule has 0 bridgehead atoms. The van der Waals surface area contributed by atoms with Crippen molar-refractivity contribution >= 4 is 17.4 Å². The van der Waals surface area contributed by atoms with Crippen molar-refractivity contribution in [2.45, 2.75) is 18.9 Å². The zero-order chi connectivity index (χ0) is 10.8. The summed E-state index contributed by atoms with van der Waals surface area (Å²) in [4.78, 5) is 11.9. The van der Waals surface area contributed by atoms with Crippen LogP contribution < -0.4 is 0 Å². The zero-order valence-corrected chi connectivity index (χ0v) is 8.87. The normalized spacial score (nSPS) is 20.1. The van der Waals surface area contributed by atoms with Crippen LogP contribution in [-0.2, 0) is 0 Å². The first kappa shape index (κ1) is 10.4. The lowest BCUT2D eigenvalue weighted by molar-refractivity contribution is 0.0992. The molecule has 1 atom stereocenters. The number of ketones is 1. The van der Waals surface area contributed by atoms with Crippen molar-refractivity contribution in [2.24, 2.45) is 0 Å². The van der Waals surface area contributed by atoms with Crippen molar-refractivity contribution in [1.29, 1.82) is 0 Å². The summed E-state index contributed by atoms with van der Waals surface area (Å²) in [7, 11) is 0. The number of carbonyl (C=O) groups is 1. The van der Waals surface area contributed by atoms with Crippen molar-refractivity contribution in [3.8, 4) is 0 Å². The third kappa shape index (κ3) is 2.11. The Hall–Kier alpha value is -1.12. The first-order valence-corrected chi connectivity index (χ1v) is 5.24.